The molecule has 32 heavy (non-hydrogen) atoms. The second-order valence-electron chi connectivity index (χ2n) is 7.01. The van der Waals surface area contributed by atoms with E-state index < -0.39 is 33.5 Å². The van der Waals surface area contributed by atoms with Gasteiger partial charge in [0.2, 0.25) is 0 Å². The fourth-order valence-corrected chi connectivity index (χ4v) is 4.76. The summed E-state index contributed by atoms with van der Waals surface area (Å²) in [5.41, 5.74) is 4.87. The molecule has 0 unspecified atom stereocenters. The fourth-order valence-electron chi connectivity index (χ4n) is 3.76. The van der Waals surface area contributed by atoms with Crippen LogP contribution in [0.1, 0.15) is 15.2 Å². The number of aromatic nitrogens is 3. The number of aldehydes is 1. The number of carbonyl (C=O) groups excluding carboxylic acids is 1. The van der Waals surface area contributed by atoms with Crippen molar-refractivity contribution in [3.05, 3.63) is 81.6 Å². The lowest BCUT2D eigenvalue weighted by molar-refractivity contribution is -0.136. The Balaban J connectivity index is 1.87. The molecule has 0 saturated carbocycles. The predicted molar refractivity (Wildman–Crippen MR) is 117 cm³/mol. The number of fused-ring (bicyclic) bond motifs is 2. The number of para-hydroxylation sites is 1. The zero-order valence-electron chi connectivity index (χ0n) is 16.1. The lowest BCUT2D eigenvalue weighted by Crippen LogP contribution is -2.24. The van der Waals surface area contributed by atoms with Crippen LogP contribution in [-0.4, -0.2) is 20.4 Å². The van der Waals surface area contributed by atoms with E-state index in [4.69, 9.17) is 5.73 Å². The zero-order chi connectivity index (χ0) is 22.6. The van der Waals surface area contributed by atoms with Crippen LogP contribution in [0.3, 0.4) is 0 Å². The van der Waals surface area contributed by atoms with Crippen molar-refractivity contribution in [3.63, 3.8) is 0 Å². The number of hydrogen-bond donors (Lipinski definition) is 1. The monoisotopic (exact) mass is 454 g/mol. The van der Waals surface area contributed by atoms with Gasteiger partial charge in [0, 0.05) is 17.3 Å². The van der Waals surface area contributed by atoms with Crippen molar-refractivity contribution in [1.29, 1.82) is 0 Å². The van der Waals surface area contributed by atoms with Gasteiger partial charge in [-0.25, -0.2) is 4.98 Å². The first-order chi connectivity index (χ1) is 15.3. The topological polar surface area (TPSA) is 82.9 Å². The average molecular weight is 454 g/mol. The fraction of sp³-hybridized carbons (Fsp3) is 0.0455. The predicted octanol–water partition coefficient (Wildman–Crippen LogP) is 4.80. The summed E-state index contributed by atoms with van der Waals surface area (Å²) >= 11 is 0.544. The summed E-state index contributed by atoms with van der Waals surface area (Å²) in [5.74, 6) is -0.455. The third-order valence-corrected chi connectivity index (χ3v) is 6.12. The molecular weight excluding hydrogens is 441 g/mol. The molecule has 2 N–H and O–H groups in total. The van der Waals surface area contributed by atoms with Gasteiger partial charge in [-0.15, -0.1) is 11.3 Å². The number of carbonyl (C=O) groups is 1. The van der Waals surface area contributed by atoms with Gasteiger partial charge in [-0.3, -0.25) is 14.2 Å². The summed E-state index contributed by atoms with van der Waals surface area (Å²) in [6.45, 7) is 0. The van der Waals surface area contributed by atoms with Crippen LogP contribution in [0, 0.1) is 0 Å². The highest BCUT2D eigenvalue weighted by molar-refractivity contribution is 7.20. The number of halogens is 3. The molecule has 160 valence electrons. The highest BCUT2D eigenvalue weighted by Crippen LogP contribution is 2.41. The van der Waals surface area contributed by atoms with Gasteiger partial charge in [-0.2, -0.15) is 13.2 Å². The quantitative estimate of drug-likeness (QED) is 0.397. The van der Waals surface area contributed by atoms with Gasteiger partial charge < -0.3 is 10.3 Å². The Hall–Kier alpha value is -3.92. The van der Waals surface area contributed by atoms with E-state index in [2.05, 4.69) is 4.98 Å². The molecule has 5 aromatic rings. The van der Waals surface area contributed by atoms with Gasteiger partial charge >= 0.3 is 6.18 Å². The second-order valence-corrected chi connectivity index (χ2v) is 8.04. The molecule has 6 nitrogen and oxygen atoms in total. The number of anilines is 1. The minimum absolute atomic E-state index is 0.115. The molecular formula is C22H13F3N4O2S. The first kappa shape index (κ1) is 20.0. The molecule has 0 radical (unpaired) electrons. The highest BCUT2D eigenvalue weighted by atomic mass is 32.1. The van der Waals surface area contributed by atoms with E-state index in [0.717, 1.165) is 15.6 Å². The standard InChI is InChI=1S/C22H13F3N4O2S/c23-22(24,25)17-16(11-30)32-20-18(17)29(21(31)19(26)27-20)14-7-6-12-8-9-28(15(12)10-14)13-4-2-1-3-5-13/h1-11H,(H2,26,27). The Kier molecular flexibility index (Phi) is 4.41. The smallest absolute Gasteiger partial charge is 0.379 e. The average Bonchev–Trinajstić information content (AvgIpc) is 3.35. The van der Waals surface area contributed by atoms with Crippen LogP contribution in [-0.2, 0) is 6.18 Å². The summed E-state index contributed by atoms with van der Waals surface area (Å²) in [4.78, 5) is 27.4. The van der Waals surface area contributed by atoms with Crippen LogP contribution in [0.5, 0.6) is 0 Å². The van der Waals surface area contributed by atoms with Crippen LogP contribution in [0.25, 0.3) is 32.6 Å². The molecule has 0 aliphatic rings. The molecule has 0 fully saturated rings. The first-order valence-corrected chi connectivity index (χ1v) is 10.2. The van der Waals surface area contributed by atoms with Gasteiger partial charge in [0.25, 0.3) is 5.56 Å². The van der Waals surface area contributed by atoms with Crippen molar-refractivity contribution >= 4 is 44.7 Å². The van der Waals surface area contributed by atoms with Crippen LogP contribution in [0.2, 0.25) is 0 Å². The summed E-state index contributed by atoms with van der Waals surface area (Å²) < 4.78 is 44.4. The van der Waals surface area contributed by atoms with E-state index in [-0.39, 0.29) is 16.8 Å². The Bertz CT molecular complexity index is 1570. The van der Waals surface area contributed by atoms with Crippen molar-refractivity contribution in [2.45, 2.75) is 6.18 Å². The van der Waals surface area contributed by atoms with E-state index >= 15 is 0 Å². The van der Waals surface area contributed by atoms with Crippen molar-refractivity contribution in [1.82, 2.24) is 14.1 Å². The highest BCUT2D eigenvalue weighted by Gasteiger charge is 2.39. The van der Waals surface area contributed by atoms with Gasteiger partial charge in [-0.05, 0) is 30.3 Å². The van der Waals surface area contributed by atoms with Crippen molar-refractivity contribution in [2.24, 2.45) is 0 Å². The lowest BCUT2D eigenvalue weighted by atomic mass is 10.2. The third-order valence-electron chi connectivity index (χ3n) is 5.12. The molecule has 3 aromatic heterocycles. The number of nitrogens with two attached hydrogens (primary N) is 1. The Morgan fingerprint density at radius 3 is 2.47 bits per heavy atom. The largest absolute Gasteiger partial charge is 0.420 e. The molecule has 0 spiro atoms. The molecule has 0 saturated heterocycles. The van der Waals surface area contributed by atoms with Crippen molar-refractivity contribution < 1.29 is 18.0 Å². The first-order valence-electron chi connectivity index (χ1n) is 9.34. The minimum Gasteiger partial charge on any atom is -0.379 e. The van der Waals surface area contributed by atoms with E-state index in [1.807, 2.05) is 47.2 Å². The van der Waals surface area contributed by atoms with Gasteiger partial charge in [0.15, 0.2) is 12.1 Å². The van der Waals surface area contributed by atoms with Crippen LogP contribution < -0.4 is 11.3 Å². The third kappa shape index (κ3) is 2.99. The number of thiophene rings is 1. The molecule has 0 atom stereocenters. The van der Waals surface area contributed by atoms with Gasteiger partial charge in [0.05, 0.1) is 21.6 Å². The molecule has 10 heteroatoms. The van der Waals surface area contributed by atoms with Crippen LogP contribution in [0.15, 0.2) is 65.6 Å². The Morgan fingerprint density at radius 1 is 1.03 bits per heavy atom. The molecule has 5 rings (SSSR count). The normalized spacial score (nSPS) is 12.0. The lowest BCUT2D eigenvalue weighted by Gasteiger charge is -2.13. The number of nitrogens with zero attached hydrogens (tertiary/aromatic N) is 3. The summed E-state index contributed by atoms with van der Waals surface area (Å²) in [7, 11) is 0. The van der Waals surface area contributed by atoms with Gasteiger partial charge in [0.1, 0.15) is 10.4 Å². The van der Waals surface area contributed by atoms with E-state index in [1.54, 1.807) is 12.1 Å². The Labute approximate surface area is 182 Å². The van der Waals surface area contributed by atoms with E-state index in [9.17, 15) is 22.8 Å². The van der Waals surface area contributed by atoms with E-state index in [0.29, 0.717) is 16.9 Å². The number of nitrogen functional groups attached to an aromatic ring is 1. The molecule has 2 aromatic carbocycles. The number of benzene rings is 2. The van der Waals surface area contributed by atoms with E-state index in [1.165, 1.54) is 6.07 Å². The number of rotatable bonds is 3. The second kappa shape index (κ2) is 7.06. The minimum atomic E-state index is -4.87. The molecule has 0 bridgehead atoms. The summed E-state index contributed by atoms with van der Waals surface area (Å²) in [6, 6.07) is 16.1. The molecule has 0 amide bonds. The zero-order valence-corrected chi connectivity index (χ0v) is 16.9. The van der Waals surface area contributed by atoms with Crippen LogP contribution >= 0.6 is 11.3 Å². The Morgan fingerprint density at radius 2 is 1.78 bits per heavy atom. The van der Waals surface area contributed by atoms with Crippen molar-refractivity contribution in [3.8, 4) is 11.4 Å². The maximum atomic E-state index is 13.9. The summed E-state index contributed by atoms with van der Waals surface area (Å²) in [5, 5.41) is 0.832. The maximum Gasteiger partial charge on any atom is 0.420 e. The molecule has 0 aliphatic carbocycles. The SMILES string of the molecule is Nc1nc2sc(C=O)c(C(F)(F)F)c2n(-c2ccc3ccn(-c4ccccc4)c3c2)c1=O. The van der Waals surface area contributed by atoms with Crippen LogP contribution in [0.4, 0.5) is 19.0 Å². The maximum absolute atomic E-state index is 13.9. The van der Waals surface area contributed by atoms with Crippen molar-refractivity contribution in [2.75, 3.05) is 5.73 Å². The molecule has 0 aliphatic heterocycles. The molecule has 3 heterocycles. The number of alkyl halides is 3. The number of hydrogen-bond acceptors (Lipinski definition) is 5. The summed E-state index contributed by atoms with van der Waals surface area (Å²) in [6.07, 6.45) is -2.92. The van der Waals surface area contributed by atoms with Gasteiger partial charge in [-0.1, -0.05) is 24.3 Å².